The fraction of sp³-hybridized carbons (Fsp3) is 0.158. The van der Waals surface area contributed by atoms with Crippen molar-refractivity contribution in [2.75, 3.05) is 13.7 Å². The second-order valence-electron chi connectivity index (χ2n) is 4.73. The Morgan fingerprint density at radius 3 is 2.22 bits per heavy atom. The van der Waals surface area contributed by atoms with Crippen molar-refractivity contribution < 1.29 is 14.3 Å². The number of carbonyl (C=O) groups excluding carboxylic acids is 1. The van der Waals surface area contributed by atoms with Gasteiger partial charge in [-0.3, -0.25) is 4.79 Å². The summed E-state index contributed by atoms with van der Waals surface area (Å²) in [6.45, 7) is 2.50. The van der Waals surface area contributed by atoms with E-state index in [9.17, 15) is 10.1 Å². The van der Waals surface area contributed by atoms with Gasteiger partial charge in [0.05, 0.1) is 13.7 Å². The minimum absolute atomic E-state index is 0.0827. The molecule has 116 valence electrons. The van der Waals surface area contributed by atoms with Crippen molar-refractivity contribution in [3.63, 3.8) is 0 Å². The summed E-state index contributed by atoms with van der Waals surface area (Å²) in [4.78, 5) is 12.4. The Balaban J connectivity index is 2.23. The zero-order valence-electron chi connectivity index (χ0n) is 13.1. The van der Waals surface area contributed by atoms with Crippen LogP contribution in [-0.2, 0) is 0 Å². The molecule has 0 radical (unpaired) electrons. The Hall–Kier alpha value is -3.06. The lowest BCUT2D eigenvalue weighted by Gasteiger charge is -2.04. The number of Topliss-reactive ketones (excluding diaryl/α,β-unsaturated/α-hetero) is 1. The fourth-order valence-electron chi connectivity index (χ4n) is 2.04. The normalized spacial score (nSPS) is 10.7. The lowest BCUT2D eigenvalue weighted by molar-refractivity contribution is 0.104. The molecule has 0 aliphatic heterocycles. The molecule has 0 amide bonds. The highest BCUT2D eigenvalue weighted by atomic mass is 16.5. The number of ketones is 1. The highest BCUT2D eigenvalue weighted by Crippen LogP contribution is 2.18. The van der Waals surface area contributed by atoms with Gasteiger partial charge in [-0.2, -0.15) is 5.26 Å². The molecule has 0 unspecified atom stereocenters. The number of hydrogen-bond donors (Lipinski definition) is 0. The van der Waals surface area contributed by atoms with Crippen LogP contribution < -0.4 is 9.47 Å². The van der Waals surface area contributed by atoms with E-state index in [0.29, 0.717) is 17.9 Å². The lowest BCUT2D eigenvalue weighted by Crippen LogP contribution is -2.01. The van der Waals surface area contributed by atoms with Crippen LogP contribution in [0, 0.1) is 11.3 Å². The van der Waals surface area contributed by atoms with Crippen molar-refractivity contribution in [1.82, 2.24) is 0 Å². The Kier molecular flexibility index (Phi) is 5.54. The van der Waals surface area contributed by atoms with E-state index in [1.807, 2.05) is 37.3 Å². The van der Waals surface area contributed by atoms with Crippen LogP contribution in [0.4, 0.5) is 0 Å². The van der Waals surface area contributed by atoms with E-state index in [1.165, 1.54) is 0 Å². The zero-order chi connectivity index (χ0) is 16.7. The molecule has 0 saturated carbocycles. The Bertz CT molecular complexity index is 738. The van der Waals surface area contributed by atoms with Crippen LogP contribution in [-0.4, -0.2) is 19.5 Å². The van der Waals surface area contributed by atoms with Crippen LogP contribution in [0.5, 0.6) is 11.5 Å². The number of carbonyl (C=O) groups is 1. The Morgan fingerprint density at radius 1 is 1.09 bits per heavy atom. The molecule has 23 heavy (non-hydrogen) atoms. The van der Waals surface area contributed by atoms with Crippen LogP contribution in [0.25, 0.3) is 6.08 Å². The van der Waals surface area contributed by atoms with E-state index < -0.39 is 0 Å². The summed E-state index contributed by atoms with van der Waals surface area (Å²) in [6.07, 6.45) is 1.57. The number of nitriles is 1. The summed E-state index contributed by atoms with van der Waals surface area (Å²) in [5.41, 5.74) is 1.30. The van der Waals surface area contributed by atoms with E-state index in [4.69, 9.17) is 9.47 Å². The standard InChI is InChI=1S/C19H17NO3/c1-3-23-18-8-4-14(5-9-18)12-16(13-20)19(21)15-6-10-17(22-2)11-7-15/h4-12H,3H2,1-2H3/b16-12+. The third-order valence-corrected chi connectivity index (χ3v) is 3.22. The first-order valence-corrected chi connectivity index (χ1v) is 7.21. The highest BCUT2D eigenvalue weighted by Gasteiger charge is 2.12. The van der Waals surface area contributed by atoms with Gasteiger partial charge in [0.15, 0.2) is 0 Å². The minimum Gasteiger partial charge on any atom is -0.497 e. The fourth-order valence-corrected chi connectivity index (χ4v) is 2.04. The predicted molar refractivity (Wildman–Crippen MR) is 88.5 cm³/mol. The molecule has 0 bridgehead atoms. The van der Waals surface area contributed by atoms with Gasteiger partial charge in [0.2, 0.25) is 5.78 Å². The monoisotopic (exact) mass is 307 g/mol. The van der Waals surface area contributed by atoms with Gasteiger partial charge in [0.25, 0.3) is 0 Å². The third-order valence-electron chi connectivity index (χ3n) is 3.22. The number of rotatable bonds is 6. The van der Waals surface area contributed by atoms with Crippen molar-refractivity contribution in [1.29, 1.82) is 5.26 Å². The summed E-state index contributed by atoms with van der Waals surface area (Å²) in [7, 11) is 1.56. The molecular formula is C19H17NO3. The molecular weight excluding hydrogens is 290 g/mol. The minimum atomic E-state index is -0.316. The molecule has 2 aromatic rings. The topological polar surface area (TPSA) is 59.3 Å². The summed E-state index contributed by atoms with van der Waals surface area (Å²) < 4.78 is 10.4. The summed E-state index contributed by atoms with van der Waals surface area (Å²) in [6, 6.07) is 15.9. The Labute approximate surface area is 135 Å². The second kappa shape index (κ2) is 7.81. The first-order valence-electron chi connectivity index (χ1n) is 7.21. The van der Waals surface area contributed by atoms with E-state index in [0.717, 1.165) is 11.3 Å². The van der Waals surface area contributed by atoms with Gasteiger partial charge in [-0.15, -0.1) is 0 Å². The number of allylic oxidation sites excluding steroid dienone is 1. The van der Waals surface area contributed by atoms with Crippen LogP contribution in [0.3, 0.4) is 0 Å². The summed E-state index contributed by atoms with van der Waals surface area (Å²) >= 11 is 0. The smallest absolute Gasteiger partial charge is 0.203 e. The molecule has 4 heteroatoms. The van der Waals surface area contributed by atoms with Gasteiger partial charge in [0.1, 0.15) is 23.1 Å². The van der Waals surface area contributed by atoms with E-state index >= 15 is 0 Å². The van der Waals surface area contributed by atoms with E-state index in [2.05, 4.69) is 0 Å². The SMILES string of the molecule is CCOc1ccc(/C=C(\C#N)C(=O)c2ccc(OC)cc2)cc1. The molecule has 0 saturated heterocycles. The van der Waals surface area contributed by atoms with Crippen LogP contribution in [0.1, 0.15) is 22.8 Å². The van der Waals surface area contributed by atoms with Crippen LogP contribution in [0.2, 0.25) is 0 Å². The van der Waals surface area contributed by atoms with Gasteiger partial charge in [0, 0.05) is 5.56 Å². The maximum Gasteiger partial charge on any atom is 0.203 e. The van der Waals surface area contributed by atoms with Gasteiger partial charge >= 0.3 is 0 Å². The second-order valence-corrected chi connectivity index (χ2v) is 4.73. The predicted octanol–water partition coefficient (Wildman–Crippen LogP) is 3.88. The number of ether oxygens (including phenoxy) is 2. The first-order chi connectivity index (χ1) is 11.2. The molecule has 0 aromatic heterocycles. The first kappa shape index (κ1) is 16.3. The average Bonchev–Trinajstić information content (AvgIpc) is 2.61. The molecule has 0 atom stereocenters. The zero-order valence-corrected chi connectivity index (χ0v) is 13.1. The summed E-state index contributed by atoms with van der Waals surface area (Å²) in [5.74, 6) is 1.10. The molecule has 0 N–H and O–H groups in total. The lowest BCUT2D eigenvalue weighted by atomic mass is 10.0. The van der Waals surface area contributed by atoms with Gasteiger partial charge in [-0.1, -0.05) is 12.1 Å². The molecule has 0 spiro atoms. The van der Waals surface area contributed by atoms with Crippen molar-refractivity contribution in [2.45, 2.75) is 6.92 Å². The van der Waals surface area contributed by atoms with Crippen LogP contribution >= 0.6 is 0 Å². The largest absolute Gasteiger partial charge is 0.497 e. The van der Waals surface area contributed by atoms with E-state index in [-0.39, 0.29) is 11.4 Å². The quantitative estimate of drug-likeness (QED) is 0.461. The van der Waals surface area contributed by atoms with Crippen LogP contribution in [0.15, 0.2) is 54.1 Å². The molecule has 0 aliphatic rings. The van der Waals surface area contributed by atoms with Crippen molar-refractivity contribution in [3.05, 3.63) is 65.2 Å². The van der Waals surface area contributed by atoms with Gasteiger partial charge < -0.3 is 9.47 Å². The molecule has 0 heterocycles. The maximum atomic E-state index is 12.4. The number of hydrogen-bond acceptors (Lipinski definition) is 4. The average molecular weight is 307 g/mol. The molecule has 0 aliphatic carbocycles. The van der Waals surface area contributed by atoms with Gasteiger partial charge in [-0.05, 0) is 55.0 Å². The highest BCUT2D eigenvalue weighted by molar-refractivity contribution is 6.14. The summed E-state index contributed by atoms with van der Waals surface area (Å²) in [5, 5.41) is 9.27. The number of methoxy groups -OCH3 is 1. The Morgan fingerprint density at radius 2 is 1.70 bits per heavy atom. The van der Waals surface area contributed by atoms with Crippen molar-refractivity contribution in [3.8, 4) is 17.6 Å². The third kappa shape index (κ3) is 4.21. The number of nitrogens with zero attached hydrogens (tertiary/aromatic N) is 1. The maximum absolute atomic E-state index is 12.4. The molecule has 4 nitrogen and oxygen atoms in total. The molecule has 0 fully saturated rings. The van der Waals surface area contributed by atoms with Gasteiger partial charge in [-0.25, -0.2) is 0 Å². The van der Waals surface area contributed by atoms with Crippen molar-refractivity contribution in [2.24, 2.45) is 0 Å². The van der Waals surface area contributed by atoms with Crippen molar-refractivity contribution >= 4 is 11.9 Å². The number of benzene rings is 2. The van der Waals surface area contributed by atoms with E-state index in [1.54, 1.807) is 37.5 Å². The molecule has 2 aromatic carbocycles. The molecule has 2 rings (SSSR count).